The largest absolute Gasteiger partial charge is 0.370 e. The lowest BCUT2D eigenvalue weighted by Crippen LogP contribution is -2.46. The number of nitrogens with two attached hydrogens (primary N) is 2. The molecular formula is C36H47FN8O. The van der Waals surface area contributed by atoms with Crippen molar-refractivity contribution in [2.75, 3.05) is 6.54 Å². The van der Waals surface area contributed by atoms with Crippen LogP contribution in [0.15, 0.2) is 53.5 Å². The summed E-state index contributed by atoms with van der Waals surface area (Å²) in [7, 11) is 0. The highest BCUT2D eigenvalue weighted by molar-refractivity contribution is 5.83. The van der Waals surface area contributed by atoms with Crippen LogP contribution in [-0.2, 0) is 6.42 Å². The van der Waals surface area contributed by atoms with Crippen LogP contribution in [0.1, 0.15) is 81.0 Å². The molecule has 2 aromatic heterocycles. The maximum Gasteiger partial charge on any atom is 0.354 e. The van der Waals surface area contributed by atoms with Crippen molar-refractivity contribution in [2.24, 2.45) is 17.4 Å². The normalized spacial score (nSPS) is 19.7. The number of halogens is 1. The van der Waals surface area contributed by atoms with Gasteiger partial charge in [-0.15, -0.1) is 0 Å². The number of nitrogens with one attached hydrogen (secondary N) is 4. The molecule has 46 heavy (non-hydrogen) atoms. The first kappa shape index (κ1) is 32.1. The van der Waals surface area contributed by atoms with Crippen LogP contribution in [0.3, 0.4) is 0 Å². The van der Waals surface area contributed by atoms with E-state index in [-0.39, 0.29) is 24.4 Å². The van der Waals surface area contributed by atoms with E-state index in [1.165, 1.54) is 18.4 Å². The van der Waals surface area contributed by atoms with Crippen molar-refractivity contribution in [1.29, 1.82) is 5.41 Å². The number of aromatic amines is 1. The van der Waals surface area contributed by atoms with E-state index in [0.717, 1.165) is 61.6 Å². The molecule has 1 saturated carbocycles. The molecule has 4 atom stereocenters. The van der Waals surface area contributed by atoms with Crippen LogP contribution in [0, 0.1) is 24.1 Å². The topological polar surface area (TPSA) is 151 Å². The molecule has 2 fully saturated rings. The minimum Gasteiger partial charge on any atom is -0.370 e. The van der Waals surface area contributed by atoms with Crippen molar-refractivity contribution >= 4 is 16.9 Å². The van der Waals surface area contributed by atoms with Crippen molar-refractivity contribution in [3.8, 4) is 16.9 Å². The molecule has 1 unspecified atom stereocenters. The minimum atomic E-state index is -0.396. The van der Waals surface area contributed by atoms with Crippen LogP contribution in [0.4, 0.5) is 4.39 Å². The van der Waals surface area contributed by atoms with Crippen LogP contribution in [0.5, 0.6) is 0 Å². The molecule has 1 saturated heterocycles. The molecule has 0 bridgehead atoms. The van der Waals surface area contributed by atoms with Gasteiger partial charge in [0.15, 0.2) is 0 Å². The number of nitrogens with zero attached hydrogens (tertiary/aromatic N) is 2. The predicted molar refractivity (Wildman–Crippen MR) is 183 cm³/mol. The fourth-order valence-electron chi connectivity index (χ4n) is 6.93. The molecule has 2 aromatic carbocycles. The minimum absolute atomic E-state index is 0.137. The third-order valence-electron chi connectivity index (χ3n) is 9.59. The lowest BCUT2D eigenvalue weighted by molar-refractivity contribution is 0.285. The molecule has 0 radical (unpaired) electrons. The second-order valence-corrected chi connectivity index (χ2v) is 13.5. The average molecular weight is 627 g/mol. The Morgan fingerprint density at radius 3 is 2.67 bits per heavy atom. The van der Waals surface area contributed by atoms with Gasteiger partial charge in [-0.2, -0.15) is 4.98 Å². The number of H-pyrrole nitrogens is 1. The average Bonchev–Trinajstić information content (AvgIpc) is 3.81. The smallest absolute Gasteiger partial charge is 0.354 e. The lowest BCUT2D eigenvalue weighted by atomic mass is 9.89. The summed E-state index contributed by atoms with van der Waals surface area (Å²) in [6.07, 6.45) is 11.2. The Hall–Kier alpha value is -3.86. The number of rotatable bonds is 12. The number of hydrogen-bond acceptors (Lipinski definition) is 6. The van der Waals surface area contributed by atoms with Crippen LogP contribution < -0.4 is 27.8 Å². The van der Waals surface area contributed by atoms with E-state index in [1.54, 1.807) is 17.7 Å². The summed E-state index contributed by atoms with van der Waals surface area (Å²) in [4.78, 5) is 20.6. The summed E-state index contributed by atoms with van der Waals surface area (Å²) in [5.74, 6) is 0.776. The number of benzene rings is 2. The lowest BCUT2D eigenvalue weighted by Gasteiger charge is -2.34. The van der Waals surface area contributed by atoms with Crippen molar-refractivity contribution in [2.45, 2.75) is 95.8 Å². The molecule has 10 heteroatoms. The molecule has 3 heterocycles. The van der Waals surface area contributed by atoms with Crippen molar-refractivity contribution in [3.05, 3.63) is 81.7 Å². The third-order valence-corrected chi connectivity index (χ3v) is 9.59. The van der Waals surface area contributed by atoms with Crippen LogP contribution in [0.25, 0.3) is 28.0 Å². The molecule has 9 nitrogen and oxygen atoms in total. The van der Waals surface area contributed by atoms with E-state index >= 15 is 4.39 Å². The van der Waals surface area contributed by atoms with E-state index in [4.69, 9.17) is 16.9 Å². The second-order valence-electron chi connectivity index (χ2n) is 13.5. The van der Waals surface area contributed by atoms with Gasteiger partial charge in [0.05, 0.1) is 17.9 Å². The van der Waals surface area contributed by atoms with Crippen molar-refractivity contribution in [3.63, 3.8) is 0 Å². The van der Waals surface area contributed by atoms with Gasteiger partial charge in [-0.1, -0.05) is 24.6 Å². The van der Waals surface area contributed by atoms with E-state index in [1.807, 2.05) is 37.3 Å². The standard InChI is InChI=1S/C36H47FN8O/c1-21-15-23(6-3-5-22(2)39)16-29(34(21)37)32-17-26-20-45(36(46)44-35(26)43-32)28-13-11-24(12-14-28)30-8-4-7-27(41-30)18-31(25-9-10-25)42-33(40)19-38/h11-17,20,22,25,27,30-31,41H,3-10,18-19,38-39H2,1-2H3,(H2,40,42)(H,43,44,46)/t22-,27-,30-,31?/m0/s1. The second kappa shape index (κ2) is 13.9. The Bertz CT molecular complexity index is 1740. The van der Waals surface area contributed by atoms with Gasteiger partial charge in [0, 0.05) is 41.3 Å². The third kappa shape index (κ3) is 7.40. The molecule has 6 rings (SSSR count). The van der Waals surface area contributed by atoms with Crippen LogP contribution in [-0.4, -0.2) is 45.0 Å². The number of fused-ring (bicyclic) bond motifs is 1. The van der Waals surface area contributed by atoms with Gasteiger partial charge in [-0.05, 0) is 112 Å². The molecule has 1 aliphatic carbocycles. The Balaban J connectivity index is 1.18. The van der Waals surface area contributed by atoms with Crippen LogP contribution in [0.2, 0.25) is 0 Å². The summed E-state index contributed by atoms with van der Waals surface area (Å²) in [6, 6.07) is 14.8. The molecule has 0 amide bonds. The van der Waals surface area contributed by atoms with E-state index in [9.17, 15) is 4.79 Å². The van der Waals surface area contributed by atoms with Gasteiger partial charge in [0.2, 0.25) is 0 Å². The van der Waals surface area contributed by atoms with Gasteiger partial charge in [-0.3, -0.25) is 9.98 Å². The Kier molecular flexibility index (Phi) is 9.67. The summed E-state index contributed by atoms with van der Waals surface area (Å²) < 4.78 is 16.8. The maximum atomic E-state index is 15.3. The van der Waals surface area contributed by atoms with Crippen LogP contribution >= 0.6 is 0 Å². The fraction of sp³-hybridized carbons (Fsp3) is 0.472. The quantitative estimate of drug-likeness (QED) is 0.0919. The molecule has 8 N–H and O–H groups in total. The van der Waals surface area contributed by atoms with Crippen molar-refractivity contribution in [1.82, 2.24) is 25.2 Å². The summed E-state index contributed by atoms with van der Waals surface area (Å²) in [6.45, 7) is 4.02. The van der Waals surface area contributed by atoms with Gasteiger partial charge in [-0.25, -0.2) is 9.18 Å². The predicted octanol–water partition coefficient (Wildman–Crippen LogP) is 5.38. The number of amidine groups is 1. The van der Waals surface area contributed by atoms with Crippen molar-refractivity contribution < 1.29 is 4.39 Å². The highest BCUT2D eigenvalue weighted by atomic mass is 19.1. The highest BCUT2D eigenvalue weighted by Gasteiger charge is 2.34. The van der Waals surface area contributed by atoms with E-state index in [0.29, 0.717) is 46.3 Å². The Morgan fingerprint density at radius 2 is 1.96 bits per heavy atom. The summed E-state index contributed by atoms with van der Waals surface area (Å²) >= 11 is 0. The first-order chi connectivity index (χ1) is 22.2. The molecule has 1 aliphatic heterocycles. The Morgan fingerprint density at radius 1 is 1.17 bits per heavy atom. The number of piperidine rings is 1. The zero-order valence-corrected chi connectivity index (χ0v) is 26.9. The monoisotopic (exact) mass is 626 g/mol. The number of aromatic nitrogens is 3. The molecular weight excluding hydrogens is 579 g/mol. The van der Waals surface area contributed by atoms with E-state index in [2.05, 4.69) is 32.7 Å². The highest BCUT2D eigenvalue weighted by Crippen LogP contribution is 2.36. The van der Waals surface area contributed by atoms with Gasteiger partial charge >= 0.3 is 5.69 Å². The van der Waals surface area contributed by atoms with Gasteiger partial charge < -0.3 is 27.1 Å². The van der Waals surface area contributed by atoms with Gasteiger partial charge in [0.1, 0.15) is 17.3 Å². The van der Waals surface area contributed by atoms with E-state index < -0.39 is 5.69 Å². The Labute approximate surface area is 269 Å². The first-order valence-electron chi connectivity index (χ1n) is 16.8. The summed E-state index contributed by atoms with van der Waals surface area (Å²) in [5, 5.41) is 16.0. The molecule has 244 valence electrons. The molecule has 0 spiro atoms. The number of aryl methyl sites for hydroxylation is 2. The van der Waals surface area contributed by atoms with Gasteiger partial charge in [0.25, 0.3) is 0 Å². The zero-order valence-electron chi connectivity index (χ0n) is 26.9. The zero-order chi connectivity index (χ0) is 32.4. The summed E-state index contributed by atoms with van der Waals surface area (Å²) in [5.41, 5.74) is 16.3. The fourth-order valence-corrected chi connectivity index (χ4v) is 6.93. The molecule has 2 aliphatic rings. The SMILES string of the molecule is Cc1cc(CCC[C@H](C)N)cc(-c2cc3cn(-c4ccc([C@@H]5CCC[C@@H](CC(NC(=N)CN)C6CC6)N5)cc4)c(=O)nc3[nH]2)c1F. The number of hydrogen-bond donors (Lipinski definition) is 6. The molecule has 4 aromatic rings. The maximum absolute atomic E-state index is 15.3. The first-order valence-corrected chi connectivity index (χ1v) is 16.8.